The summed E-state index contributed by atoms with van der Waals surface area (Å²) in [5.41, 5.74) is 3.47. The number of hydrogen-bond acceptors (Lipinski definition) is 2. The smallest absolute Gasteiger partial charge is 0.231 e. The summed E-state index contributed by atoms with van der Waals surface area (Å²) in [4.78, 5) is 20.3. The van der Waals surface area contributed by atoms with E-state index in [9.17, 15) is 4.79 Å². The predicted octanol–water partition coefficient (Wildman–Crippen LogP) is 3.65. The van der Waals surface area contributed by atoms with Crippen molar-refractivity contribution >= 4 is 22.5 Å². The van der Waals surface area contributed by atoms with Crippen LogP contribution in [0.15, 0.2) is 60.8 Å². The number of fused-ring (bicyclic) bond motifs is 1. The largest absolute Gasteiger partial charge is 0.361 e. The zero-order chi connectivity index (χ0) is 17.2. The molecule has 1 amide bonds. The summed E-state index contributed by atoms with van der Waals surface area (Å²) in [6.07, 6.45) is 2.91. The Hall–Kier alpha value is -2.59. The van der Waals surface area contributed by atoms with Crippen molar-refractivity contribution in [2.45, 2.75) is 13.0 Å². The highest BCUT2D eigenvalue weighted by molar-refractivity contribution is 5.94. The van der Waals surface area contributed by atoms with Gasteiger partial charge in [0.25, 0.3) is 0 Å². The van der Waals surface area contributed by atoms with E-state index < -0.39 is 0 Å². The second-order valence-electron chi connectivity index (χ2n) is 6.81. The molecule has 1 aromatic heterocycles. The van der Waals surface area contributed by atoms with Crippen LogP contribution in [0.2, 0.25) is 0 Å². The maximum absolute atomic E-state index is 12.8. The molecule has 0 bridgehead atoms. The lowest BCUT2D eigenvalue weighted by Crippen LogP contribution is -2.34. The summed E-state index contributed by atoms with van der Waals surface area (Å²) in [6.45, 7) is 2.68. The van der Waals surface area contributed by atoms with E-state index in [1.54, 1.807) is 4.90 Å². The lowest BCUT2D eigenvalue weighted by molar-refractivity contribution is -0.121. The molecule has 1 aliphatic heterocycles. The highest BCUT2D eigenvalue weighted by Gasteiger charge is 2.30. The SMILES string of the molecule is CN(C(=O)C1CCN(Cc2cccc3cc[nH]c23)C1)c1ccccc1. The van der Waals surface area contributed by atoms with Crippen LogP contribution in [0.1, 0.15) is 12.0 Å². The standard InChI is InChI=1S/C21H23N3O/c1-23(19-8-3-2-4-9-19)21(25)18-11-13-24(15-18)14-17-7-5-6-16-10-12-22-20(16)17/h2-10,12,18,22H,11,13-15H2,1H3. The van der Waals surface area contributed by atoms with E-state index in [2.05, 4.69) is 34.1 Å². The van der Waals surface area contributed by atoms with Crippen LogP contribution in [0, 0.1) is 5.92 Å². The summed E-state index contributed by atoms with van der Waals surface area (Å²) in [6, 6.07) is 18.4. The van der Waals surface area contributed by atoms with Crippen LogP contribution in [-0.2, 0) is 11.3 Å². The summed E-state index contributed by atoms with van der Waals surface area (Å²) in [5, 5.41) is 1.24. The minimum absolute atomic E-state index is 0.0769. The number of hydrogen-bond donors (Lipinski definition) is 1. The molecule has 4 heteroatoms. The number of nitrogens with zero attached hydrogens (tertiary/aromatic N) is 2. The third kappa shape index (κ3) is 3.17. The van der Waals surface area contributed by atoms with E-state index in [4.69, 9.17) is 0 Å². The number of carbonyl (C=O) groups excluding carboxylic acids is 1. The normalized spacial score (nSPS) is 17.9. The van der Waals surface area contributed by atoms with Gasteiger partial charge in [-0.2, -0.15) is 0 Å². The number of benzene rings is 2. The molecule has 25 heavy (non-hydrogen) atoms. The van der Waals surface area contributed by atoms with Crippen molar-refractivity contribution in [3.63, 3.8) is 0 Å². The minimum Gasteiger partial charge on any atom is -0.361 e. The van der Waals surface area contributed by atoms with E-state index >= 15 is 0 Å². The van der Waals surface area contributed by atoms with Crippen molar-refractivity contribution in [1.82, 2.24) is 9.88 Å². The number of aromatic nitrogens is 1. The summed E-state index contributed by atoms with van der Waals surface area (Å²) in [5.74, 6) is 0.292. The Labute approximate surface area is 148 Å². The van der Waals surface area contributed by atoms with E-state index in [0.717, 1.165) is 31.7 Å². The number of carbonyl (C=O) groups is 1. The first kappa shape index (κ1) is 15.9. The molecule has 0 saturated carbocycles. The number of likely N-dealkylation sites (tertiary alicyclic amines) is 1. The van der Waals surface area contributed by atoms with Gasteiger partial charge in [0.15, 0.2) is 0 Å². The maximum Gasteiger partial charge on any atom is 0.231 e. The first-order chi connectivity index (χ1) is 12.2. The van der Waals surface area contributed by atoms with Crippen LogP contribution < -0.4 is 4.90 Å². The molecular weight excluding hydrogens is 310 g/mol. The highest BCUT2D eigenvalue weighted by Crippen LogP contribution is 2.25. The monoisotopic (exact) mass is 333 g/mol. The fourth-order valence-electron chi connectivity index (χ4n) is 3.75. The van der Waals surface area contributed by atoms with Gasteiger partial charge >= 0.3 is 0 Å². The molecule has 2 aromatic carbocycles. The Kier molecular flexibility index (Phi) is 4.28. The summed E-state index contributed by atoms with van der Waals surface area (Å²) in [7, 11) is 1.87. The van der Waals surface area contributed by atoms with Gasteiger partial charge in [0.1, 0.15) is 0 Å². The van der Waals surface area contributed by atoms with Crippen molar-refractivity contribution in [2.75, 3.05) is 25.0 Å². The molecule has 128 valence electrons. The van der Waals surface area contributed by atoms with Crippen molar-refractivity contribution in [3.8, 4) is 0 Å². The van der Waals surface area contributed by atoms with Crippen molar-refractivity contribution in [1.29, 1.82) is 0 Å². The average molecular weight is 333 g/mol. The molecule has 4 rings (SSSR count). The zero-order valence-corrected chi connectivity index (χ0v) is 14.5. The van der Waals surface area contributed by atoms with Gasteiger partial charge < -0.3 is 9.88 Å². The number of para-hydroxylation sites is 2. The molecule has 4 nitrogen and oxygen atoms in total. The summed E-state index contributed by atoms with van der Waals surface area (Å²) < 4.78 is 0. The molecule has 1 N–H and O–H groups in total. The predicted molar refractivity (Wildman–Crippen MR) is 102 cm³/mol. The van der Waals surface area contributed by atoms with Gasteiger partial charge in [-0.15, -0.1) is 0 Å². The van der Waals surface area contributed by atoms with Gasteiger partial charge in [0.05, 0.1) is 5.92 Å². The molecule has 0 radical (unpaired) electrons. The van der Waals surface area contributed by atoms with Gasteiger partial charge in [0, 0.05) is 37.5 Å². The average Bonchev–Trinajstić information content (AvgIpc) is 3.31. The molecule has 1 fully saturated rings. The number of anilines is 1. The molecule has 1 saturated heterocycles. The van der Waals surface area contributed by atoms with Crippen LogP contribution in [0.5, 0.6) is 0 Å². The molecule has 2 heterocycles. The number of amides is 1. The Balaban J connectivity index is 1.43. The summed E-state index contributed by atoms with van der Waals surface area (Å²) >= 11 is 0. The zero-order valence-electron chi connectivity index (χ0n) is 14.5. The van der Waals surface area contributed by atoms with Crippen molar-refractivity contribution < 1.29 is 4.79 Å². The topological polar surface area (TPSA) is 39.3 Å². The number of nitrogens with one attached hydrogen (secondary N) is 1. The van der Waals surface area contributed by atoms with Gasteiger partial charge in [-0.05, 0) is 42.1 Å². The minimum atomic E-state index is 0.0769. The Morgan fingerprint density at radius 1 is 1.16 bits per heavy atom. The van der Waals surface area contributed by atoms with Gasteiger partial charge in [-0.3, -0.25) is 9.69 Å². The second-order valence-corrected chi connectivity index (χ2v) is 6.81. The van der Waals surface area contributed by atoms with Crippen LogP contribution >= 0.6 is 0 Å². The van der Waals surface area contributed by atoms with Crippen LogP contribution in [0.25, 0.3) is 10.9 Å². The van der Waals surface area contributed by atoms with Crippen LogP contribution in [0.3, 0.4) is 0 Å². The van der Waals surface area contributed by atoms with Crippen molar-refractivity contribution in [2.24, 2.45) is 5.92 Å². The molecule has 1 aliphatic rings. The van der Waals surface area contributed by atoms with Gasteiger partial charge in [-0.1, -0.05) is 36.4 Å². The third-order valence-corrected chi connectivity index (χ3v) is 5.16. The first-order valence-electron chi connectivity index (χ1n) is 8.82. The van der Waals surface area contributed by atoms with Crippen LogP contribution in [0.4, 0.5) is 5.69 Å². The van der Waals surface area contributed by atoms with E-state index in [-0.39, 0.29) is 11.8 Å². The molecule has 0 aliphatic carbocycles. The quantitative estimate of drug-likeness (QED) is 0.791. The van der Waals surface area contributed by atoms with Crippen molar-refractivity contribution in [3.05, 3.63) is 66.4 Å². The van der Waals surface area contributed by atoms with E-state index in [0.29, 0.717) is 0 Å². The number of rotatable bonds is 4. The molecule has 3 aromatic rings. The second kappa shape index (κ2) is 6.73. The Morgan fingerprint density at radius 3 is 2.84 bits per heavy atom. The Bertz CT molecular complexity index is 871. The number of aromatic amines is 1. The lowest BCUT2D eigenvalue weighted by Gasteiger charge is -2.22. The van der Waals surface area contributed by atoms with E-state index in [1.807, 2.05) is 43.6 Å². The van der Waals surface area contributed by atoms with Gasteiger partial charge in [0.2, 0.25) is 5.91 Å². The van der Waals surface area contributed by atoms with Crippen LogP contribution in [-0.4, -0.2) is 35.9 Å². The third-order valence-electron chi connectivity index (χ3n) is 5.16. The first-order valence-corrected chi connectivity index (χ1v) is 8.82. The maximum atomic E-state index is 12.8. The number of H-pyrrole nitrogens is 1. The fraction of sp³-hybridized carbons (Fsp3) is 0.286. The molecular formula is C21H23N3O. The van der Waals surface area contributed by atoms with E-state index in [1.165, 1.54) is 16.5 Å². The van der Waals surface area contributed by atoms with Gasteiger partial charge in [-0.25, -0.2) is 0 Å². The highest BCUT2D eigenvalue weighted by atomic mass is 16.2. The molecule has 1 unspecified atom stereocenters. The molecule has 0 spiro atoms. The Morgan fingerprint density at radius 2 is 2.00 bits per heavy atom. The molecule has 1 atom stereocenters. The fourth-order valence-corrected chi connectivity index (χ4v) is 3.75. The lowest BCUT2D eigenvalue weighted by atomic mass is 10.1.